The van der Waals surface area contributed by atoms with Crippen molar-refractivity contribution in [3.63, 3.8) is 0 Å². The molecular formula is C18H22N4O3. The topological polar surface area (TPSA) is 81.8 Å². The first-order valence-electron chi connectivity index (χ1n) is 8.79. The van der Waals surface area contributed by atoms with E-state index in [0.29, 0.717) is 32.4 Å². The van der Waals surface area contributed by atoms with E-state index in [9.17, 15) is 14.4 Å². The molecule has 3 aliphatic rings. The fourth-order valence-corrected chi connectivity index (χ4v) is 4.05. The van der Waals surface area contributed by atoms with Crippen LogP contribution in [0.3, 0.4) is 0 Å². The monoisotopic (exact) mass is 342 g/mol. The summed E-state index contributed by atoms with van der Waals surface area (Å²) in [6.45, 7) is 2.29. The van der Waals surface area contributed by atoms with E-state index in [4.69, 9.17) is 0 Å². The summed E-state index contributed by atoms with van der Waals surface area (Å²) in [6.07, 6.45) is 1.60. The largest absolute Gasteiger partial charge is 0.325 e. The lowest BCUT2D eigenvalue weighted by Gasteiger charge is -2.31. The Labute approximate surface area is 146 Å². The molecule has 4 amide bonds. The Bertz CT molecular complexity index is 700. The summed E-state index contributed by atoms with van der Waals surface area (Å²) >= 11 is 0. The van der Waals surface area contributed by atoms with Gasteiger partial charge in [0.15, 0.2) is 0 Å². The molecule has 1 spiro atoms. The highest BCUT2D eigenvalue weighted by Crippen LogP contribution is 2.30. The Morgan fingerprint density at radius 2 is 1.80 bits per heavy atom. The van der Waals surface area contributed by atoms with Crippen LogP contribution < -0.4 is 15.5 Å². The number of carbonyl (C=O) groups excluding carboxylic acids is 3. The molecule has 3 aliphatic heterocycles. The van der Waals surface area contributed by atoms with Gasteiger partial charge in [0, 0.05) is 31.1 Å². The Kier molecular flexibility index (Phi) is 3.95. The fraction of sp³-hybridized carbons (Fsp3) is 0.500. The summed E-state index contributed by atoms with van der Waals surface area (Å²) in [5.41, 5.74) is 0.117. The number of nitrogens with zero attached hydrogens (tertiary/aromatic N) is 2. The second kappa shape index (κ2) is 6.15. The molecule has 3 saturated heterocycles. The maximum absolute atomic E-state index is 12.8. The third-order valence-corrected chi connectivity index (χ3v) is 5.42. The molecule has 1 atom stereocenters. The Morgan fingerprint density at radius 1 is 1.08 bits per heavy atom. The summed E-state index contributed by atoms with van der Waals surface area (Å²) in [7, 11) is 0. The maximum atomic E-state index is 12.8. The van der Waals surface area contributed by atoms with Crippen molar-refractivity contribution in [3.05, 3.63) is 30.3 Å². The van der Waals surface area contributed by atoms with Crippen molar-refractivity contribution in [2.45, 2.75) is 24.8 Å². The number of amides is 4. The van der Waals surface area contributed by atoms with E-state index < -0.39 is 5.54 Å². The molecule has 132 valence electrons. The molecule has 25 heavy (non-hydrogen) atoms. The standard InChI is InChI=1S/C18H22N4O3/c23-15-10-13(11-21(15)14-4-2-1-3-5-14)12-22-16(24)18(20-17(22)25)6-8-19-9-7-18/h1-5,13,19H,6-12H2,(H,20,25). The van der Waals surface area contributed by atoms with Crippen LogP contribution >= 0.6 is 0 Å². The van der Waals surface area contributed by atoms with Crippen molar-refractivity contribution >= 4 is 23.5 Å². The maximum Gasteiger partial charge on any atom is 0.325 e. The van der Waals surface area contributed by atoms with Gasteiger partial charge in [0.2, 0.25) is 5.91 Å². The molecule has 4 rings (SSSR count). The molecule has 3 fully saturated rings. The van der Waals surface area contributed by atoms with Crippen LogP contribution in [0.15, 0.2) is 30.3 Å². The van der Waals surface area contributed by atoms with Crippen LogP contribution in [-0.2, 0) is 9.59 Å². The minimum absolute atomic E-state index is 0.0285. The van der Waals surface area contributed by atoms with Crippen LogP contribution in [0, 0.1) is 5.92 Å². The van der Waals surface area contributed by atoms with Crippen molar-refractivity contribution in [1.29, 1.82) is 0 Å². The molecule has 1 aromatic rings. The lowest BCUT2D eigenvalue weighted by atomic mass is 9.88. The van der Waals surface area contributed by atoms with Gasteiger partial charge in [-0.1, -0.05) is 18.2 Å². The second-order valence-electron chi connectivity index (χ2n) is 7.09. The lowest BCUT2D eigenvalue weighted by Crippen LogP contribution is -2.54. The minimum atomic E-state index is -0.746. The van der Waals surface area contributed by atoms with E-state index in [2.05, 4.69) is 10.6 Å². The molecular weight excluding hydrogens is 320 g/mol. The molecule has 1 unspecified atom stereocenters. The number of imide groups is 1. The van der Waals surface area contributed by atoms with Gasteiger partial charge in [0.25, 0.3) is 5.91 Å². The molecule has 3 heterocycles. The zero-order chi connectivity index (χ0) is 17.4. The van der Waals surface area contributed by atoms with Crippen LogP contribution in [0.25, 0.3) is 0 Å². The van der Waals surface area contributed by atoms with Crippen LogP contribution in [-0.4, -0.2) is 54.5 Å². The van der Waals surface area contributed by atoms with Crippen LogP contribution in [0.5, 0.6) is 0 Å². The average Bonchev–Trinajstić information content (AvgIpc) is 3.10. The molecule has 0 aromatic heterocycles. The number of benzene rings is 1. The van der Waals surface area contributed by atoms with Gasteiger partial charge in [0.1, 0.15) is 5.54 Å². The highest BCUT2D eigenvalue weighted by atomic mass is 16.2. The molecule has 2 N–H and O–H groups in total. The summed E-state index contributed by atoms with van der Waals surface area (Å²) in [5, 5.41) is 6.11. The van der Waals surface area contributed by atoms with E-state index in [0.717, 1.165) is 18.8 Å². The summed E-state index contributed by atoms with van der Waals surface area (Å²) in [5.74, 6) is -0.122. The lowest BCUT2D eigenvalue weighted by molar-refractivity contribution is -0.132. The Balaban J connectivity index is 1.45. The number of hydrogen-bond acceptors (Lipinski definition) is 4. The summed E-state index contributed by atoms with van der Waals surface area (Å²) in [6, 6.07) is 9.18. The highest BCUT2D eigenvalue weighted by molar-refractivity contribution is 6.07. The molecule has 7 nitrogen and oxygen atoms in total. The number of piperidine rings is 1. The third kappa shape index (κ3) is 2.78. The third-order valence-electron chi connectivity index (χ3n) is 5.42. The van der Waals surface area contributed by atoms with Crippen molar-refractivity contribution in [2.24, 2.45) is 5.92 Å². The molecule has 0 radical (unpaired) electrons. The van der Waals surface area contributed by atoms with E-state index in [-0.39, 0.29) is 23.8 Å². The molecule has 7 heteroatoms. The molecule has 1 aromatic carbocycles. The number of hydrogen-bond donors (Lipinski definition) is 2. The van der Waals surface area contributed by atoms with Crippen LogP contribution in [0.1, 0.15) is 19.3 Å². The van der Waals surface area contributed by atoms with Gasteiger partial charge in [-0.25, -0.2) is 4.79 Å². The first-order chi connectivity index (χ1) is 12.1. The van der Waals surface area contributed by atoms with E-state index >= 15 is 0 Å². The molecule has 0 bridgehead atoms. The Morgan fingerprint density at radius 3 is 2.52 bits per heavy atom. The second-order valence-corrected chi connectivity index (χ2v) is 7.09. The number of rotatable bonds is 3. The van der Waals surface area contributed by atoms with E-state index in [1.54, 1.807) is 4.90 Å². The van der Waals surface area contributed by atoms with Gasteiger partial charge in [0.05, 0.1) is 0 Å². The van der Waals surface area contributed by atoms with E-state index in [1.165, 1.54) is 4.90 Å². The highest BCUT2D eigenvalue weighted by Gasteiger charge is 2.52. The number of carbonyl (C=O) groups is 3. The normalized spacial score (nSPS) is 25.8. The van der Waals surface area contributed by atoms with Gasteiger partial charge in [-0.2, -0.15) is 0 Å². The molecule has 0 aliphatic carbocycles. The number of urea groups is 1. The smallest absolute Gasteiger partial charge is 0.323 e. The molecule has 0 saturated carbocycles. The minimum Gasteiger partial charge on any atom is -0.323 e. The van der Waals surface area contributed by atoms with Gasteiger partial charge < -0.3 is 15.5 Å². The number of para-hydroxylation sites is 1. The summed E-state index contributed by atoms with van der Waals surface area (Å²) < 4.78 is 0. The van der Waals surface area contributed by atoms with Crippen molar-refractivity contribution in [2.75, 3.05) is 31.1 Å². The van der Waals surface area contributed by atoms with Crippen LogP contribution in [0.2, 0.25) is 0 Å². The van der Waals surface area contributed by atoms with Gasteiger partial charge in [-0.15, -0.1) is 0 Å². The fourth-order valence-electron chi connectivity index (χ4n) is 4.05. The predicted molar refractivity (Wildman–Crippen MR) is 92.0 cm³/mol. The zero-order valence-corrected chi connectivity index (χ0v) is 14.0. The Hall–Kier alpha value is -2.41. The van der Waals surface area contributed by atoms with Crippen molar-refractivity contribution in [3.8, 4) is 0 Å². The predicted octanol–water partition coefficient (Wildman–Crippen LogP) is 0.714. The van der Waals surface area contributed by atoms with Crippen LogP contribution in [0.4, 0.5) is 10.5 Å². The quantitative estimate of drug-likeness (QED) is 0.793. The number of anilines is 1. The van der Waals surface area contributed by atoms with E-state index in [1.807, 2.05) is 30.3 Å². The van der Waals surface area contributed by atoms with Crippen molar-refractivity contribution < 1.29 is 14.4 Å². The first kappa shape index (κ1) is 16.1. The first-order valence-corrected chi connectivity index (χ1v) is 8.79. The zero-order valence-electron chi connectivity index (χ0n) is 14.0. The van der Waals surface area contributed by atoms with Gasteiger partial charge >= 0.3 is 6.03 Å². The SMILES string of the molecule is O=C1NC2(CCNCC2)C(=O)N1CC1CC(=O)N(c2ccccc2)C1. The van der Waals surface area contributed by atoms with Gasteiger partial charge in [-0.3, -0.25) is 14.5 Å². The van der Waals surface area contributed by atoms with Gasteiger partial charge in [-0.05, 0) is 38.1 Å². The summed E-state index contributed by atoms with van der Waals surface area (Å²) in [4.78, 5) is 40.6. The average molecular weight is 342 g/mol. The van der Waals surface area contributed by atoms with Crippen molar-refractivity contribution in [1.82, 2.24) is 15.5 Å². The number of nitrogens with one attached hydrogen (secondary N) is 2.